The van der Waals surface area contributed by atoms with E-state index >= 15 is 0 Å². The normalized spacial score (nSPS) is 10.2. The minimum atomic E-state index is -1.18. The predicted molar refractivity (Wildman–Crippen MR) is 68.7 cm³/mol. The highest BCUT2D eigenvalue weighted by Crippen LogP contribution is 2.24. The largest absolute Gasteiger partial charge is 0.545 e. The van der Waals surface area contributed by atoms with Gasteiger partial charge in [0.15, 0.2) is 6.79 Å². The van der Waals surface area contributed by atoms with Crippen LogP contribution in [0.4, 0.5) is 0 Å². The predicted octanol–water partition coefficient (Wildman–Crippen LogP) is 1.70. The van der Waals surface area contributed by atoms with Gasteiger partial charge in [0.25, 0.3) is 0 Å². The number of methoxy groups -OCH3 is 1. The van der Waals surface area contributed by atoms with Crippen LogP contribution in [0.25, 0.3) is 11.1 Å². The molecule has 0 aliphatic heterocycles. The third-order valence-corrected chi connectivity index (χ3v) is 2.63. The molecule has 0 aromatic heterocycles. The van der Waals surface area contributed by atoms with E-state index in [9.17, 15) is 9.90 Å². The van der Waals surface area contributed by atoms with Crippen LogP contribution in [0.1, 0.15) is 10.4 Å². The Morgan fingerprint density at radius 2 is 1.84 bits per heavy atom. The number of hydrogen-bond acceptors (Lipinski definition) is 4. The summed E-state index contributed by atoms with van der Waals surface area (Å²) in [7, 11) is 1.56. The molecular formula is C15H13O4-. The van der Waals surface area contributed by atoms with Crippen LogP contribution in [-0.2, 0) is 4.74 Å². The standard InChI is InChI=1S/C15H14O4/c1-18-10-19-14-4-2-3-13(9-14)11-5-7-12(8-6-11)15(16)17/h2-9H,10H2,1H3,(H,16,17)/p-1. The first-order valence-electron chi connectivity index (χ1n) is 5.74. The maximum atomic E-state index is 10.7. The van der Waals surface area contributed by atoms with E-state index in [-0.39, 0.29) is 12.4 Å². The van der Waals surface area contributed by atoms with E-state index in [1.54, 1.807) is 19.2 Å². The van der Waals surface area contributed by atoms with E-state index in [0.29, 0.717) is 5.75 Å². The number of carboxylic acid groups (broad SMARTS) is 1. The number of aromatic carboxylic acids is 1. The Hall–Kier alpha value is -2.33. The summed E-state index contributed by atoms with van der Waals surface area (Å²) in [5, 5.41) is 10.7. The first-order valence-corrected chi connectivity index (χ1v) is 5.74. The van der Waals surface area contributed by atoms with Gasteiger partial charge in [-0.25, -0.2) is 0 Å². The Morgan fingerprint density at radius 3 is 2.47 bits per heavy atom. The zero-order chi connectivity index (χ0) is 13.7. The number of carbonyl (C=O) groups is 1. The quantitative estimate of drug-likeness (QED) is 0.765. The first-order chi connectivity index (χ1) is 9.20. The van der Waals surface area contributed by atoms with Crippen LogP contribution in [0.15, 0.2) is 48.5 Å². The minimum Gasteiger partial charge on any atom is -0.545 e. The summed E-state index contributed by atoms with van der Waals surface area (Å²) in [5.74, 6) is -0.480. The second-order valence-electron chi connectivity index (χ2n) is 3.94. The van der Waals surface area contributed by atoms with Crippen molar-refractivity contribution in [1.29, 1.82) is 0 Å². The molecule has 0 atom stereocenters. The van der Waals surface area contributed by atoms with E-state index in [1.807, 2.05) is 24.3 Å². The molecule has 0 N–H and O–H groups in total. The molecule has 2 aromatic rings. The topological polar surface area (TPSA) is 58.6 Å². The van der Waals surface area contributed by atoms with Gasteiger partial charge in [0.2, 0.25) is 0 Å². The van der Waals surface area contributed by atoms with E-state index in [4.69, 9.17) is 9.47 Å². The van der Waals surface area contributed by atoms with Crippen LogP contribution >= 0.6 is 0 Å². The van der Waals surface area contributed by atoms with Gasteiger partial charge in [0, 0.05) is 7.11 Å². The molecule has 19 heavy (non-hydrogen) atoms. The second-order valence-corrected chi connectivity index (χ2v) is 3.94. The highest BCUT2D eigenvalue weighted by atomic mass is 16.7. The van der Waals surface area contributed by atoms with E-state index < -0.39 is 5.97 Å². The van der Waals surface area contributed by atoms with Crippen molar-refractivity contribution in [1.82, 2.24) is 0 Å². The van der Waals surface area contributed by atoms with Crippen LogP contribution in [0.3, 0.4) is 0 Å². The second kappa shape index (κ2) is 6.02. The molecule has 4 nitrogen and oxygen atoms in total. The number of ether oxygens (including phenoxy) is 2. The summed E-state index contributed by atoms with van der Waals surface area (Å²) in [6.45, 7) is 0.188. The van der Waals surface area contributed by atoms with Crippen LogP contribution < -0.4 is 9.84 Å². The van der Waals surface area contributed by atoms with Crippen molar-refractivity contribution in [3.8, 4) is 16.9 Å². The molecule has 0 aliphatic rings. The van der Waals surface area contributed by atoms with Crippen molar-refractivity contribution in [3.05, 3.63) is 54.1 Å². The Morgan fingerprint density at radius 1 is 1.11 bits per heavy atom. The Kier molecular flexibility index (Phi) is 4.15. The zero-order valence-electron chi connectivity index (χ0n) is 10.5. The van der Waals surface area contributed by atoms with Crippen molar-refractivity contribution >= 4 is 5.97 Å². The molecule has 0 fully saturated rings. The number of benzene rings is 2. The number of hydrogen-bond donors (Lipinski definition) is 0. The fourth-order valence-corrected chi connectivity index (χ4v) is 1.69. The molecular weight excluding hydrogens is 244 g/mol. The molecule has 0 radical (unpaired) electrons. The lowest BCUT2D eigenvalue weighted by Gasteiger charge is -2.08. The summed E-state index contributed by atoms with van der Waals surface area (Å²) >= 11 is 0. The van der Waals surface area contributed by atoms with Crippen LogP contribution in [0, 0.1) is 0 Å². The molecule has 0 amide bonds. The van der Waals surface area contributed by atoms with Crippen LogP contribution in [-0.4, -0.2) is 19.9 Å². The van der Waals surface area contributed by atoms with Crippen molar-refractivity contribution in [2.24, 2.45) is 0 Å². The maximum absolute atomic E-state index is 10.7. The van der Waals surface area contributed by atoms with Crippen LogP contribution in [0.5, 0.6) is 5.75 Å². The monoisotopic (exact) mass is 257 g/mol. The highest BCUT2D eigenvalue weighted by molar-refractivity contribution is 5.86. The Bertz CT molecular complexity index is 561. The third kappa shape index (κ3) is 3.33. The van der Waals surface area contributed by atoms with Gasteiger partial charge in [-0.2, -0.15) is 0 Å². The van der Waals surface area contributed by atoms with Gasteiger partial charge in [-0.15, -0.1) is 0 Å². The summed E-state index contributed by atoms with van der Waals surface area (Å²) in [4.78, 5) is 10.7. The van der Waals surface area contributed by atoms with Crippen molar-refractivity contribution < 1.29 is 19.4 Å². The fraction of sp³-hybridized carbons (Fsp3) is 0.133. The molecule has 0 aliphatic carbocycles. The van der Waals surface area contributed by atoms with Gasteiger partial charge in [0.05, 0.1) is 5.97 Å². The van der Waals surface area contributed by atoms with Crippen LogP contribution in [0.2, 0.25) is 0 Å². The number of carbonyl (C=O) groups excluding carboxylic acids is 1. The number of rotatable bonds is 5. The molecule has 0 bridgehead atoms. The molecule has 98 valence electrons. The molecule has 0 unspecified atom stereocenters. The van der Waals surface area contributed by atoms with Gasteiger partial charge in [-0.3, -0.25) is 0 Å². The molecule has 4 heteroatoms. The summed E-state index contributed by atoms with van der Waals surface area (Å²) in [5.41, 5.74) is 2.02. The lowest BCUT2D eigenvalue weighted by atomic mass is 10.0. The van der Waals surface area contributed by atoms with E-state index in [0.717, 1.165) is 11.1 Å². The summed E-state index contributed by atoms with van der Waals surface area (Å²) in [6, 6.07) is 14.0. The first kappa shape index (κ1) is 13.1. The van der Waals surface area contributed by atoms with Crippen molar-refractivity contribution in [2.75, 3.05) is 13.9 Å². The molecule has 2 rings (SSSR count). The van der Waals surface area contributed by atoms with Crippen molar-refractivity contribution in [2.45, 2.75) is 0 Å². The van der Waals surface area contributed by atoms with E-state index in [2.05, 4.69) is 0 Å². The summed E-state index contributed by atoms with van der Waals surface area (Å²) < 4.78 is 10.2. The SMILES string of the molecule is COCOc1cccc(-c2ccc(C(=O)[O-])cc2)c1. The smallest absolute Gasteiger partial charge is 0.188 e. The van der Waals surface area contributed by atoms with Crippen molar-refractivity contribution in [3.63, 3.8) is 0 Å². The Balaban J connectivity index is 2.23. The van der Waals surface area contributed by atoms with Gasteiger partial charge in [-0.05, 0) is 28.8 Å². The van der Waals surface area contributed by atoms with Gasteiger partial charge in [-0.1, -0.05) is 36.4 Å². The lowest BCUT2D eigenvalue weighted by Crippen LogP contribution is -2.21. The average molecular weight is 257 g/mol. The lowest BCUT2D eigenvalue weighted by molar-refractivity contribution is -0.255. The molecule has 0 spiro atoms. The van der Waals surface area contributed by atoms with Gasteiger partial charge in [0.1, 0.15) is 5.75 Å². The molecule has 0 saturated heterocycles. The van der Waals surface area contributed by atoms with Gasteiger partial charge < -0.3 is 19.4 Å². The third-order valence-electron chi connectivity index (χ3n) is 2.63. The Labute approximate surface area is 111 Å². The number of carboxylic acids is 1. The van der Waals surface area contributed by atoms with E-state index in [1.165, 1.54) is 12.1 Å². The zero-order valence-corrected chi connectivity index (χ0v) is 10.5. The van der Waals surface area contributed by atoms with Gasteiger partial charge >= 0.3 is 0 Å². The average Bonchev–Trinajstić information content (AvgIpc) is 2.45. The highest BCUT2D eigenvalue weighted by Gasteiger charge is 2.01. The molecule has 2 aromatic carbocycles. The molecule has 0 heterocycles. The summed E-state index contributed by atoms with van der Waals surface area (Å²) in [6.07, 6.45) is 0. The minimum absolute atomic E-state index is 0.163. The molecule has 0 saturated carbocycles. The maximum Gasteiger partial charge on any atom is 0.188 e. The fourth-order valence-electron chi connectivity index (χ4n) is 1.69.